The SMILES string of the molecule is Clc1ccc(C(OCCN2CCN(C/C=C/c3ccccc3)CC2)c2ccc(Cl)cc2)cc1. The first-order chi connectivity index (χ1) is 16.2. The number of halogens is 2. The predicted octanol–water partition coefficient (Wildman–Crippen LogP) is 6.43. The van der Waals surface area contributed by atoms with Crippen LogP contribution in [0.5, 0.6) is 0 Å². The summed E-state index contributed by atoms with van der Waals surface area (Å²) in [6, 6.07) is 26.2. The molecule has 3 nitrogen and oxygen atoms in total. The van der Waals surface area contributed by atoms with Gasteiger partial charge in [-0.05, 0) is 41.0 Å². The summed E-state index contributed by atoms with van der Waals surface area (Å²) < 4.78 is 6.38. The maximum absolute atomic E-state index is 6.38. The van der Waals surface area contributed by atoms with Crippen molar-refractivity contribution in [1.82, 2.24) is 9.80 Å². The molecule has 0 spiro atoms. The van der Waals surface area contributed by atoms with Crippen molar-refractivity contribution in [1.29, 1.82) is 0 Å². The molecule has 0 amide bonds. The quantitative estimate of drug-likeness (QED) is 0.350. The van der Waals surface area contributed by atoms with Crippen LogP contribution < -0.4 is 0 Å². The molecule has 1 saturated heterocycles. The van der Waals surface area contributed by atoms with Crippen LogP contribution >= 0.6 is 23.2 Å². The van der Waals surface area contributed by atoms with Gasteiger partial charge in [0.05, 0.1) is 6.61 Å². The lowest BCUT2D eigenvalue weighted by Gasteiger charge is -2.34. The fourth-order valence-corrected chi connectivity index (χ4v) is 4.31. The van der Waals surface area contributed by atoms with E-state index in [9.17, 15) is 0 Å². The Labute approximate surface area is 207 Å². The Morgan fingerprint density at radius 3 is 1.85 bits per heavy atom. The van der Waals surface area contributed by atoms with E-state index in [0.717, 1.165) is 60.4 Å². The predicted molar refractivity (Wildman–Crippen MR) is 139 cm³/mol. The number of rotatable bonds is 9. The summed E-state index contributed by atoms with van der Waals surface area (Å²) in [5, 5.41) is 1.45. The number of piperazine rings is 1. The van der Waals surface area contributed by atoms with Gasteiger partial charge in [-0.25, -0.2) is 0 Å². The maximum atomic E-state index is 6.38. The molecule has 0 unspecified atom stereocenters. The highest BCUT2D eigenvalue weighted by Crippen LogP contribution is 2.28. The van der Waals surface area contributed by atoms with Gasteiger partial charge in [-0.15, -0.1) is 0 Å². The van der Waals surface area contributed by atoms with Crippen molar-refractivity contribution in [2.24, 2.45) is 0 Å². The van der Waals surface area contributed by atoms with Gasteiger partial charge in [0.25, 0.3) is 0 Å². The van der Waals surface area contributed by atoms with Crippen molar-refractivity contribution in [2.75, 3.05) is 45.9 Å². The fourth-order valence-electron chi connectivity index (χ4n) is 4.06. The lowest BCUT2D eigenvalue weighted by molar-refractivity contribution is 0.0468. The van der Waals surface area contributed by atoms with Crippen LogP contribution in [-0.4, -0.2) is 55.7 Å². The van der Waals surface area contributed by atoms with Crippen molar-refractivity contribution in [3.05, 3.63) is 112 Å². The van der Waals surface area contributed by atoms with Crippen LogP contribution in [0.4, 0.5) is 0 Å². The first kappa shape index (κ1) is 24.0. The fraction of sp³-hybridized carbons (Fsp3) is 0.286. The molecular formula is C28H30Cl2N2O. The Hall–Kier alpha value is -2.14. The van der Waals surface area contributed by atoms with Crippen LogP contribution in [0.1, 0.15) is 22.8 Å². The molecule has 3 aromatic rings. The highest BCUT2D eigenvalue weighted by atomic mass is 35.5. The molecule has 1 aliphatic heterocycles. The Balaban J connectivity index is 1.25. The standard InChI is InChI=1S/C28H30Cl2N2O/c29-26-12-8-24(9-13-26)28(25-10-14-27(30)15-11-25)33-22-21-32-19-17-31(18-20-32)16-4-7-23-5-2-1-3-6-23/h1-15,28H,16-22H2/b7-4+. The van der Waals surface area contributed by atoms with Crippen LogP contribution in [0.3, 0.4) is 0 Å². The molecule has 0 radical (unpaired) electrons. The lowest BCUT2D eigenvalue weighted by atomic mass is 10.0. The van der Waals surface area contributed by atoms with Gasteiger partial charge in [0, 0.05) is 49.3 Å². The minimum atomic E-state index is -0.135. The molecule has 0 saturated carbocycles. The van der Waals surface area contributed by atoms with Gasteiger partial charge < -0.3 is 4.74 Å². The molecule has 0 bridgehead atoms. The number of hydrogen-bond donors (Lipinski definition) is 0. The van der Waals surface area contributed by atoms with Gasteiger partial charge in [0.1, 0.15) is 6.10 Å². The van der Waals surface area contributed by atoms with Crippen molar-refractivity contribution < 1.29 is 4.74 Å². The Morgan fingerprint density at radius 2 is 1.27 bits per heavy atom. The van der Waals surface area contributed by atoms with Crippen LogP contribution in [0.2, 0.25) is 10.0 Å². The molecule has 3 aromatic carbocycles. The molecule has 33 heavy (non-hydrogen) atoms. The monoisotopic (exact) mass is 480 g/mol. The van der Waals surface area contributed by atoms with Crippen LogP contribution in [0.25, 0.3) is 6.08 Å². The van der Waals surface area contributed by atoms with E-state index in [2.05, 4.69) is 46.2 Å². The summed E-state index contributed by atoms with van der Waals surface area (Å²) in [7, 11) is 0. The minimum absolute atomic E-state index is 0.135. The Morgan fingerprint density at radius 1 is 0.727 bits per heavy atom. The first-order valence-corrected chi connectivity index (χ1v) is 12.2. The van der Waals surface area contributed by atoms with Gasteiger partial charge in [0.15, 0.2) is 0 Å². The third kappa shape index (κ3) is 7.43. The van der Waals surface area contributed by atoms with E-state index < -0.39 is 0 Å². The highest BCUT2D eigenvalue weighted by molar-refractivity contribution is 6.30. The molecule has 1 heterocycles. The van der Waals surface area contributed by atoms with Gasteiger partial charge in [-0.2, -0.15) is 0 Å². The number of nitrogens with zero attached hydrogens (tertiary/aromatic N) is 2. The summed E-state index contributed by atoms with van der Waals surface area (Å²) in [5.41, 5.74) is 3.44. The number of benzene rings is 3. The van der Waals surface area contributed by atoms with Crippen LogP contribution in [0.15, 0.2) is 84.9 Å². The zero-order valence-corrected chi connectivity index (χ0v) is 20.3. The molecule has 0 aromatic heterocycles. The summed E-state index contributed by atoms with van der Waals surface area (Å²) >= 11 is 12.2. The number of hydrogen-bond acceptors (Lipinski definition) is 3. The second-order valence-corrected chi connectivity index (χ2v) is 9.18. The molecule has 5 heteroatoms. The average Bonchev–Trinajstić information content (AvgIpc) is 2.85. The average molecular weight is 481 g/mol. The zero-order chi connectivity index (χ0) is 22.9. The molecule has 1 aliphatic rings. The van der Waals surface area contributed by atoms with Crippen molar-refractivity contribution in [3.63, 3.8) is 0 Å². The van der Waals surface area contributed by atoms with Gasteiger partial charge in [-0.1, -0.05) is 90.0 Å². The van der Waals surface area contributed by atoms with E-state index in [4.69, 9.17) is 27.9 Å². The van der Waals surface area contributed by atoms with Gasteiger partial charge >= 0.3 is 0 Å². The first-order valence-electron chi connectivity index (χ1n) is 11.5. The number of ether oxygens (including phenoxy) is 1. The van der Waals surface area contributed by atoms with E-state index in [1.54, 1.807) is 0 Å². The van der Waals surface area contributed by atoms with Gasteiger partial charge in [-0.3, -0.25) is 9.80 Å². The third-order valence-electron chi connectivity index (χ3n) is 5.98. The summed E-state index contributed by atoms with van der Waals surface area (Å²) in [5.74, 6) is 0. The molecule has 172 valence electrons. The van der Waals surface area contributed by atoms with E-state index in [1.807, 2.05) is 54.6 Å². The lowest BCUT2D eigenvalue weighted by Crippen LogP contribution is -2.47. The second-order valence-electron chi connectivity index (χ2n) is 8.31. The minimum Gasteiger partial charge on any atom is -0.367 e. The van der Waals surface area contributed by atoms with Gasteiger partial charge in [0.2, 0.25) is 0 Å². The smallest absolute Gasteiger partial charge is 0.108 e. The molecule has 0 atom stereocenters. The molecule has 0 aliphatic carbocycles. The molecule has 4 rings (SSSR count). The largest absolute Gasteiger partial charge is 0.367 e. The van der Waals surface area contributed by atoms with E-state index in [0.29, 0.717) is 6.61 Å². The molecular weight excluding hydrogens is 451 g/mol. The summed E-state index contributed by atoms with van der Waals surface area (Å²) in [6.07, 6.45) is 4.33. The van der Waals surface area contributed by atoms with Crippen molar-refractivity contribution >= 4 is 29.3 Å². The highest BCUT2D eigenvalue weighted by Gasteiger charge is 2.18. The summed E-state index contributed by atoms with van der Waals surface area (Å²) in [6.45, 7) is 6.88. The maximum Gasteiger partial charge on any atom is 0.108 e. The van der Waals surface area contributed by atoms with Crippen LogP contribution in [0, 0.1) is 0 Å². The molecule has 1 fully saturated rings. The van der Waals surface area contributed by atoms with Crippen molar-refractivity contribution in [2.45, 2.75) is 6.10 Å². The normalized spacial score (nSPS) is 15.5. The van der Waals surface area contributed by atoms with E-state index in [1.165, 1.54) is 5.56 Å². The Bertz CT molecular complexity index is 953. The topological polar surface area (TPSA) is 15.7 Å². The second kappa shape index (κ2) is 12.4. The molecule has 0 N–H and O–H groups in total. The zero-order valence-electron chi connectivity index (χ0n) is 18.7. The Kier molecular flexibility index (Phi) is 8.99. The third-order valence-corrected chi connectivity index (χ3v) is 6.48. The van der Waals surface area contributed by atoms with Crippen molar-refractivity contribution in [3.8, 4) is 0 Å². The summed E-state index contributed by atoms with van der Waals surface area (Å²) in [4.78, 5) is 4.99. The van der Waals surface area contributed by atoms with E-state index in [-0.39, 0.29) is 6.10 Å². The van der Waals surface area contributed by atoms with Crippen LogP contribution in [-0.2, 0) is 4.74 Å². The van der Waals surface area contributed by atoms with E-state index >= 15 is 0 Å².